The summed E-state index contributed by atoms with van der Waals surface area (Å²) < 4.78 is 0. The van der Waals surface area contributed by atoms with Crippen LogP contribution in [0.4, 0.5) is 0 Å². The predicted octanol–water partition coefficient (Wildman–Crippen LogP) is -0.243. The van der Waals surface area contributed by atoms with Gasteiger partial charge in [0.1, 0.15) is 0 Å². The largest absolute Gasteiger partial charge is 4.00 e. The first kappa shape index (κ1) is 62.5. The molecule has 0 atom stereocenters. The Morgan fingerprint density at radius 1 is 0.750 bits per heavy atom. The molecule has 0 aromatic carbocycles. The van der Waals surface area contributed by atoms with Gasteiger partial charge < -0.3 is 11.0 Å². The van der Waals surface area contributed by atoms with Gasteiger partial charge in [0.15, 0.2) is 0 Å². The van der Waals surface area contributed by atoms with Gasteiger partial charge in [0.05, 0.1) is 0 Å². The summed E-state index contributed by atoms with van der Waals surface area (Å²) in [6.45, 7) is 0. The Morgan fingerprint density at radius 2 is 0.750 bits per heavy atom. The summed E-state index contributed by atoms with van der Waals surface area (Å²) in [4.78, 5) is 0. The predicted molar refractivity (Wildman–Crippen MR) is 1.37 cm³/mol. The third-order valence-electron chi connectivity index (χ3n) is 0. The van der Waals surface area contributed by atoms with Crippen LogP contribution in [0.1, 0.15) is 0 Å². The third-order valence-corrected chi connectivity index (χ3v) is 0. The van der Waals surface area contributed by atoms with Crippen LogP contribution in [-0.4, -0.2) is 0 Å². The summed E-state index contributed by atoms with van der Waals surface area (Å²) in [5.74, 6) is 0. The minimum Gasteiger partial charge on any atom is -2.00 e. The molecule has 0 amide bonds. The molecular weight excluding hydrogens is 416 g/mol. The quantitative estimate of drug-likeness (QED) is 0.524. The van der Waals surface area contributed by atoms with E-state index < -0.39 is 0 Å². The van der Waals surface area contributed by atoms with E-state index in [-0.39, 0.29) is 51.2 Å². The SMILES string of the molecule is [Ir+4].[Ir].[O-2].[O-2]. The Bertz CT molecular complexity index is 4.00. The minimum absolute atomic E-state index is 0. The molecule has 0 heterocycles. The van der Waals surface area contributed by atoms with Crippen LogP contribution in [0.15, 0.2) is 0 Å². The fourth-order valence-electron chi connectivity index (χ4n) is 0. The molecule has 0 rings (SSSR count). The van der Waals surface area contributed by atoms with Crippen LogP contribution >= 0.6 is 0 Å². The molecule has 0 aliphatic heterocycles. The van der Waals surface area contributed by atoms with E-state index in [0.717, 1.165) is 0 Å². The fraction of sp³-hybridized carbons (Fsp3) is 0. The molecule has 2 nitrogen and oxygen atoms in total. The molecule has 0 spiro atoms. The zero-order chi connectivity index (χ0) is 0. The minimum atomic E-state index is 0. The fourth-order valence-corrected chi connectivity index (χ4v) is 0. The van der Waals surface area contributed by atoms with Crippen molar-refractivity contribution in [2.24, 2.45) is 0 Å². The van der Waals surface area contributed by atoms with E-state index in [0.29, 0.717) is 0 Å². The molecule has 30 valence electrons. The summed E-state index contributed by atoms with van der Waals surface area (Å²) >= 11 is 0. The van der Waals surface area contributed by atoms with Crippen LogP contribution < -0.4 is 0 Å². The van der Waals surface area contributed by atoms with Gasteiger partial charge in [0.25, 0.3) is 0 Å². The second kappa shape index (κ2) is 29.4. The first-order chi connectivity index (χ1) is 0. The van der Waals surface area contributed by atoms with Gasteiger partial charge in [-0.1, -0.05) is 0 Å². The third kappa shape index (κ3) is 10.7. The van der Waals surface area contributed by atoms with Crippen molar-refractivity contribution in [2.75, 3.05) is 0 Å². The first-order valence-electron chi connectivity index (χ1n) is 0. The first-order valence-corrected chi connectivity index (χ1v) is 0. The summed E-state index contributed by atoms with van der Waals surface area (Å²) in [6.07, 6.45) is 0. The molecule has 0 fully saturated rings. The van der Waals surface area contributed by atoms with Crippen LogP contribution in [0.3, 0.4) is 0 Å². The van der Waals surface area contributed by atoms with Crippen molar-refractivity contribution in [1.82, 2.24) is 0 Å². The van der Waals surface area contributed by atoms with Crippen molar-refractivity contribution in [3.63, 3.8) is 0 Å². The van der Waals surface area contributed by atoms with E-state index in [9.17, 15) is 0 Å². The van der Waals surface area contributed by atoms with Gasteiger partial charge in [-0.3, -0.25) is 0 Å². The maximum absolute atomic E-state index is 0. The molecule has 0 aromatic heterocycles. The van der Waals surface area contributed by atoms with Gasteiger partial charge in [0.2, 0.25) is 0 Å². The number of hydrogen-bond donors (Lipinski definition) is 0. The molecule has 0 N–H and O–H groups in total. The molecule has 0 aliphatic carbocycles. The van der Waals surface area contributed by atoms with E-state index in [1.807, 2.05) is 0 Å². The maximum Gasteiger partial charge on any atom is 4.00 e. The zero-order valence-electron chi connectivity index (χ0n) is 1.48. The van der Waals surface area contributed by atoms with Crippen molar-refractivity contribution < 1.29 is 51.2 Å². The smallest absolute Gasteiger partial charge is 2.00 e. The summed E-state index contributed by atoms with van der Waals surface area (Å²) in [5.41, 5.74) is 0. The normalized spacial score (nSPS) is 0. The Labute approximate surface area is 51.3 Å². The number of rotatable bonds is 0. The summed E-state index contributed by atoms with van der Waals surface area (Å²) in [5, 5.41) is 0. The van der Waals surface area contributed by atoms with Gasteiger partial charge in [0, 0.05) is 20.1 Å². The molecule has 4 heavy (non-hydrogen) atoms. The molecule has 0 aromatic rings. The molecule has 0 unspecified atom stereocenters. The molecule has 0 aliphatic rings. The molecule has 0 saturated carbocycles. The topological polar surface area (TPSA) is 57.0 Å². The molecule has 2 radical (unpaired) electrons. The van der Waals surface area contributed by atoms with Crippen molar-refractivity contribution >= 4 is 0 Å². The van der Waals surface area contributed by atoms with Gasteiger partial charge in [-0.2, -0.15) is 0 Å². The zero-order valence-corrected chi connectivity index (χ0v) is 6.27. The van der Waals surface area contributed by atoms with Gasteiger partial charge in [-0.15, -0.1) is 0 Å². The monoisotopic (exact) mass is 418 g/mol. The summed E-state index contributed by atoms with van der Waals surface area (Å²) in [6, 6.07) is 0. The van der Waals surface area contributed by atoms with Crippen molar-refractivity contribution in [3.8, 4) is 0 Å². The van der Waals surface area contributed by atoms with E-state index in [4.69, 9.17) is 0 Å². The average molecular weight is 416 g/mol. The van der Waals surface area contributed by atoms with E-state index in [1.54, 1.807) is 0 Å². The van der Waals surface area contributed by atoms with Crippen LogP contribution in [0.5, 0.6) is 0 Å². The van der Waals surface area contributed by atoms with Crippen molar-refractivity contribution in [3.05, 3.63) is 0 Å². The molecule has 4 heteroatoms. The Morgan fingerprint density at radius 3 is 0.750 bits per heavy atom. The van der Waals surface area contributed by atoms with Crippen molar-refractivity contribution in [2.45, 2.75) is 0 Å². The Kier molecular flexibility index (Phi) is 460. The molecule has 0 saturated heterocycles. The van der Waals surface area contributed by atoms with E-state index in [2.05, 4.69) is 0 Å². The average Bonchev–Trinajstić information content (AvgIpc) is 0. The van der Waals surface area contributed by atoms with Crippen molar-refractivity contribution in [1.29, 1.82) is 0 Å². The van der Waals surface area contributed by atoms with Crippen LogP contribution in [0.2, 0.25) is 0 Å². The second-order valence-electron chi connectivity index (χ2n) is 0. The van der Waals surface area contributed by atoms with E-state index >= 15 is 0 Å². The number of hydrogen-bond acceptors (Lipinski definition) is 0. The summed E-state index contributed by atoms with van der Waals surface area (Å²) in [7, 11) is 0. The Hall–Kier alpha value is 1.22. The van der Waals surface area contributed by atoms with E-state index in [1.165, 1.54) is 0 Å². The molecule has 0 bridgehead atoms. The van der Waals surface area contributed by atoms with Crippen LogP contribution in [0, 0.1) is 0 Å². The van der Waals surface area contributed by atoms with Gasteiger partial charge in [-0.25, -0.2) is 0 Å². The van der Waals surface area contributed by atoms with Crippen LogP contribution in [-0.2, 0) is 51.2 Å². The van der Waals surface area contributed by atoms with Crippen LogP contribution in [0.25, 0.3) is 0 Å². The second-order valence-corrected chi connectivity index (χ2v) is 0. The van der Waals surface area contributed by atoms with Gasteiger partial charge in [-0.05, 0) is 0 Å². The Balaban J connectivity index is 0. The molecular formula is Ir2O2. The van der Waals surface area contributed by atoms with Gasteiger partial charge >= 0.3 is 20.1 Å². The maximum atomic E-state index is 0. The standard InChI is InChI=1S/2Ir.2O/q;+4;2*-2.